The quantitative estimate of drug-likeness (QED) is 0.618. The first-order valence-electron chi connectivity index (χ1n) is 5.46. The molecule has 90 valence electrons. The van der Waals surface area contributed by atoms with Gasteiger partial charge in [0, 0.05) is 12.6 Å². The number of rotatable bonds is 7. The Hall–Kier alpha value is -0.290. The van der Waals surface area contributed by atoms with Crippen molar-refractivity contribution in [2.45, 2.75) is 26.2 Å². The van der Waals surface area contributed by atoms with Crippen LogP contribution in [0.2, 0.25) is 0 Å². The zero-order valence-corrected chi connectivity index (χ0v) is 12.2. The second-order valence-electron chi connectivity index (χ2n) is 3.60. The summed E-state index contributed by atoms with van der Waals surface area (Å²) in [6.07, 6.45) is 5.93. The predicted octanol–water partition coefficient (Wildman–Crippen LogP) is 3.49. The molecule has 0 aliphatic heterocycles. The summed E-state index contributed by atoms with van der Waals surface area (Å²) >= 11 is 5.28. The van der Waals surface area contributed by atoms with E-state index in [-0.39, 0.29) is 0 Å². The summed E-state index contributed by atoms with van der Waals surface area (Å²) in [5.41, 5.74) is 0. The lowest BCUT2D eigenvalue weighted by Crippen LogP contribution is -2.05. The standard InChI is InChI=1S/C11H18BrN3S/c1-9-14-10(12)8-11(15-9)13-6-4-3-5-7-16-2/h8H,3-7H2,1-2H3,(H,13,14,15). The van der Waals surface area contributed by atoms with E-state index >= 15 is 0 Å². The first-order chi connectivity index (χ1) is 7.72. The fourth-order valence-electron chi connectivity index (χ4n) is 1.39. The normalized spacial score (nSPS) is 10.4. The van der Waals surface area contributed by atoms with Gasteiger partial charge in [-0.1, -0.05) is 6.42 Å². The summed E-state index contributed by atoms with van der Waals surface area (Å²) in [5, 5.41) is 3.32. The molecule has 5 heteroatoms. The van der Waals surface area contributed by atoms with E-state index in [2.05, 4.69) is 37.5 Å². The van der Waals surface area contributed by atoms with Crippen molar-refractivity contribution in [2.75, 3.05) is 23.9 Å². The molecule has 0 spiro atoms. The Morgan fingerprint density at radius 3 is 2.81 bits per heavy atom. The largest absolute Gasteiger partial charge is 0.370 e. The molecule has 1 heterocycles. The number of thioether (sulfide) groups is 1. The smallest absolute Gasteiger partial charge is 0.130 e. The van der Waals surface area contributed by atoms with Gasteiger partial charge in [0.05, 0.1) is 0 Å². The van der Waals surface area contributed by atoms with Crippen molar-refractivity contribution in [3.05, 3.63) is 16.5 Å². The van der Waals surface area contributed by atoms with E-state index in [9.17, 15) is 0 Å². The molecule has 0 fully saturated rings. The Morgan fingerprint density at radius 1 is 1.31 bits per heavy atom. The molecular weight excluding hydrogens is 286 g/mol. The first-order valence-corrected chi connectivity index (χ1v) is 7.65. The molecule has 3 nitrogen and oxygen atoms in total. The van der Waals surface area contributed by atoms with Gasteiger partial charge in [-0.25, -0.2) is 9.97 Å². The van der Waals surface area contributed by atoms with Gasteiger partial charge in [-0.2, -0.15) is 11.8 Å². The van der Waals surface area contributed by atoms with Crippen LogP contribution in [0.1, 0.15) is 25.1 Å². The highest BCUT2D eigenvalue weighted by atomic mass is 79.9. The number of anilines is 1. The minimum absolute atomic E-state index is 0.791. The van der Waals surface area contributed by atoms with Crippen molar-refractivity contribution < 1.29 is 0 Å². The Kier molecular flexibility index (Phi) is 6.80. The Labute approximate surface area is 110 Å². The van der Waals surface area contributed by atoms with Crippen LogP contribution in [0.25, 0.3) is 0 Å². The maximum atomic E-state index is 4.31. The van der Waals surface area contributed by atoms with Crippen molar-refractivity contribution in [2.24, 2.45) is 0 Å². The van der Waals surface area contributed by atoms with E-state index in [1.165, 1.54) is 25.0 Å². The Bertz CT molecular complexity index is 300. The van der Waals surface area contributed by atoms with Crippen LogP contribution in [0.4, 0.5) is 5.82 Å². The molecule has 1 N–H and O–H groups in total. The SMILES string of the molecule is CSCCCCCNc1cc(Br)nc(C)n1. The highest BCUT2D eigenvalue weighted by Gasteiger charge is 1.98. The van der Waals surface area contributed by atoms with Crippen LogP contribution in [-0.4, -0.2) is 28.5 Å². The van der Waals surface area contributed by atoms with Crippen LogP contribution < -0.4 is 5.32 Å². The molecular formula is C11H18BrN3S. The fraction of sp³-hybridized carbons (Fsp3) is 0.636. The van der Waals surface area contributed by atoms with Crippen molar-refractivity contribution in [1.29, 1.82) is 0 Å². The summed E-state index contributed by atoms with van der Waals surface area (Å²) in [6.45, 7) is 2.88. The van der Waals surface area contributed by atoms with E-state index in [0.29, 0.717) is 0 Å². The maximum absolute atomic E-state index is 4.31. The van der Waals surface area contributed by atoms with E-state index < -0.39 is 0 Å². The van der Waals surface area contributed by atoms with Crippen LogP contribution in [0.15, 0.2) is 10.7 Å². The minimum Gasteiger partial charge on any atom is -0.370 e. The number of nitrogens with zero attached hydrogens (tertiary/aromatic N) is 2. The van der Waals surface area contributed by atoms with Gasteiger partial charge in [-0.05, 0) is 47.7 Å². The molecule has 0 amide bonds. The van der Waals surface area contributed by atoms with E-state index in [4.69, 9.17) is 0 Å². The van der Waals surface area contributed by atoms with Crippen molar-refractivity contribution in [3.63, 3.8) is 0 Å². The van der Waals surface area contributed by atoms with Gasteiger partial charge in [0.2, 0.25) is 0 Å². The average Bonchev–Trinajstić information content (AvgIpc) is 2.22. The van der Waals surface area contributed by atoms with Gasteiger partial charge in [-0.3, -0.25) is 0 Å². The Morgan fingerprint density at radius 2 is 2.12 bits per heavy atom. The summed E-state index contributed by atoms with van der Waals surface area (Å²) < 4.78 is 0.838. The highest BCUT2D eigenvalue weighted by molar-refractivity contribution is 9.10. The van der Waals surface area contributed by atoms with Gasteiger partial charge in [0.1, 0.15) is 16.2 Å². The van der Waals surface area contributed by atoms with Crippen molar-refractivity contribution >= 4 is 33.5 Å². The second kappa shape index (κ2) is 7.90. The van der Waals surface area contributed by atoms with Crippen LogP contribution in [0, 0.1) is 6.92 Å². The fourth-order valence-corrected chi connectivity index (χ4v) is 2.35. The molecule has 1 aromatic heterocycles. The minimum atomic E-state index is 0.791. The van der Waals surface area contributed by atoms with Crippen molar-refractivity contribution in [1.82, 2.24) is 9.97 Å². The van der Waals surface area contributed by atoms with Gasteiger partial charge in [0.25, 0.3) is 0 Å². The molecule has 1 aromatic rings. The van der Waals surface area contributed by atoms with Crippen LogP contribution in [-0.2, 0) is 0 Å². The summed E-state index contributed by atoms with van der Waals surface area (Å²) in [4.78, 5) is 8.48. The van der Waals surface area contributed by atoms with E-state index in [1.54, 1.807) is 0 Å². The van der Waals surface area contributed by atoms with Gasteiger partial charge in [-0.15, -0.1) is 0 Å². The molecule has 1 rings (SSSR count). The average molecular weight is 304 g/mol. The van der Waals surface area contributed by atoms with E-state index in [1.807, 2.05) is 24.8 Å². The summed E-state index contributed by atoms with van der Waals surface area (Å²) in [5.74, 6) is 2.96. The number of aromatic nitrogens is 2. The monoisotopic (exact) mass is 303 g/mol. The summed E-state index contributed by atoms with van der Waals surface area (Å²) in [7, 11) is 0. The second-order valence-corrected chi connectivity index (χ2v) is 5.40. The zero-order chi connectivity index (χ0) is 11.8. The number of unbranched alkanes of at least 4 members (excludes halogenated alkanes) is 2. The number of hydrogen-bond donors (Lipinski definition) is 1. The van der Waals surface area contributed by atoms with Crippen LogP contribution in [0.5, 0.6) is 0 Å². The molecule has 16 heavy (non-hydrogen) atoms. The number of halogens is 1. The topological polar surface area (TPSA) is 37.8 Å². The van der Waals surface area contributed by atoms with Crippen LogP contribution in [0.3, 0.4) is 0 Å². The van der Waals surface area contributed by atoms with Crippen LogP contribution >= 0.6 is 27.7 Å². The number of aryl methyl sites for hydroxylation is 1. The molecule has 0 unspecified atom stereocenters. The Balaban J connectivity index is 2.21. The summed E-state index contributed by atoms with van der Waals surface area (Å²) in [6, 6.07) is 1.91. The molecule has 0 aliphatic rings. The zero-order valence-electron chi connectivity index (χ0n) is 9.79. The third-order valence-corrected chi connectivity index (χ3v) is 3.24. The van der Waals surface area contributed by atoms with Gasteiger partial charge in [0.15, 0.2) is 0 Å². The highest BCUT2D eigenvalue weighted by Crippen LogP contribution is 2.12. The third-order valence-electron chi connectivity index (χ3n) is 2.14. The maximum Gasteiger partial charge on any atom is 0.130 e. The third kappa shape index (κ3) is 5.70. The molecule has 0 bridgehead atoms. The lowest BCUT2D eigenvalue weighted by molar-refractivity contribution is 0.747. The molecule has 0 saturated carbocycles. The lowest BCUT2D eigenvalue weighted by Gasteiger charge is -2.06. The van der Waals surface area contributed by atoms with Crippen molar-refractivity contribution in [3.8, 4) is 0 Å². The number of hydrogen-bond acceptors (Lipinski definition) is 4. The lowest BCUT2D eigenvalue weighted by atomic mass is 10.2. The molecule has 0 radical (unpaired) electrons. The molecule has 0 atom stereocenters. The van der Waals surface area contributed by atoms with E-state index in [0.717, 1.165) is 22.8 Å². The molecule has 0 aromatic carbocycles. The number of nitrogens with one attached hydrogen (secondary N) is 1. The van der Waals surface area contributed by atoms with Gasteiger partial charge >= 0.3 is 0 Å². The first kappa shape index (κ1) is 13.8. The molecule has 0 saturated heterocycles. The predicted molar refractivity (Wildman–Crippen MR) is 75.2 cm³/mol. The van der Waals surface area contributed by atoms with Gasteiger partial charge < -0.3 is 5.32 Å². The molecule has 0 aliphatic carbocycles.